The fourth-order valence-electron chi connectivity index (χ4n) is 2.80. The van der Waals surface area contributed by atoms with Gasteiger partial charge in [0.1, 0.15) is 0 Å². The zero-order valence-electron chi connectivity index (χ0n) is 15.3. The molecule has 1 aromatic rings. The van der Waals surface area contributed by atoms with E-state index in [1.807, 2.05) is 31.2 Å². The van der Waals surface area contributed by atoms with Gasteiger partial charge in [-0.25, -0.2) is 0 Å². The van der Waals surface area contributed by atoms with E-state index in [0.29, 0.717) is 26.1 Å². The minimum atomic E-state index is -0.0134. The van der Waals surface area contributed by atoms with Crippen molar-refractivity contribution in [2.75, 3.05) is 52.5 Å². The lowest BCUT2D eigenvalue weighted by Gasteiger charge is -2.29. The van der Waals surface area contributed by atoms with Crippen molar-refractivity contribution >= 4 is 11.8 Å². The Morgan fingerprint density at radius 3 is 2.48 bits per heavy atom. The average molecular weight is 347 g/mol. The van der Waals surface area contributed by atoms with Gasteiger partial charge in [-0.15, -0.1) is 0 Å². The van der Waals surface area contributed by atoms with Crippen LogP contribution < -0.4 is 5.32 Å². The van der Waals surface area contributed by atoms with E-state index in [2.05, 4.69) is 10.2 Å². The van der Waals surface area contributed by atoms with Crippen LogP contribution in [-0.4, -0.2) is 74.1 Å². The van der Waals surface area contributed by atoms with Gasteiger partial charge in [-0.2, -0.15) is 0 Å². The van der Waals surface area contributed by atoms with Gasteiger partial charge >= 0.3 is 0 Å². The van der Waals surface area contributed by atoms with Crippen LogP contribution in [0.4, 0.5) is 0 Å². The maximum atomic E-state index is 12.0. The third-order valence-electron chi connectivity index (χ3n) is 4.42. The number of nitrogens with one attached hydrogen (secondary N) is 1. The van der Waals surface area contributed by atoms with E-state index in [9.17, 15) is 9.59 Å². The zero-order valence-corrected chi connectivity index (χ0v) is 15.3. The monoisotopic (exact) mass is 347 g/mol. The highest BCUT2D eigenvalue weighted by Gasteiger charge is 2.14. The summed E-state index contributed by atoms with van der Waals surface area (Å²) < 4.78 is 5.33. The molecule has 1 N–H and O–H groups in total. The summed E-state index contributed by atoms with van der Waals surface area (Å²) in [4.78, 5) is 27.9. The molecule has 6 heteroatoms. The Kier molecular flexibility index (Phi) is 7.88. The number of ether oxygens (including phenoxy) is 1. The normalized spacial score (nSPS) is 15.0. The third kappa shape index (κ3) is 7.23. The van der Waals surface area contributed by atoms with Gasteiger partial charge in [0.2, 0.25) is 11.8 Å². The number of hydrogen-bond acceptors (Lipinski definition) is 4. The van der Waals surface area contributed by atoms with Crippen molar-refractivity contribution in [3.63, 3.8) is 0 Å². The topological polar surface area (TPSA) is 61.9 Å². The number of carbonyl (C=O) groups excluding carboxylic acids is 2. The Balaban J connectivity index is 1.68. The molecule has 0 unspecified atom stereocenters. The largest absolute Gasteiger partial charge is 0.379 e. The maximum absolute atomic E-state index is 12.0. The van der Waals surface area contributed by atoms with Crippen molar-refractivity contribution in [2.45, 2.75) is 20.3 Å². The van der Waals surface area contributed by atoms with Crippen LogP contribution >= 0.6 is 0 Å². The molecule has 1 aromatic carbocycles. The molecule has 2 rings (SSSR count). The van der Waals surface area contributed by atoms with E-state index in [4.69, 9.17) is 4.74 Å². The summed E-state index contributed by atoms with van der Waals surface area (Å²) >= 11 is 0. The first-order valence-corrected chi connectivity index (χ1v) is 8.92. The first-order chi connectivity index (χ1) is 12.0. The van der Waals surface area contributed by atoms with E-state index < -0.39 is 0 Å². The van der Waals surface area contributed by atoms with Gasteiger partial charge in [-0.1, -0.05) is 29.8 Å². The van der Waals surface area contributed by atoms with Gasteiger partial charge < -0.3 is 15.0 Å². The second-order valence-electron chi connectivity index (χ2n) is 6.47. The molecular weight excluding hydrogens is 318 g/mol. The highest BCUT2D eigenvalue weighted by Crippen LogP contribution is 2.03. The highest BCUT2D eigenvalue weighted by atomic mass is 16.5. The first kappa shape index (κ1) is 19.4. The number of morpholine rings is 1. The molecule has 0 radical (unpaired) electrons. The van der Waals surface area contributed by atoms with Gasteiger partial charge in [-0.3, -0.25) is 14.5 Å². The fraction of sp³-hybridized carbons (Fsp3) is 0.579. The van der Waals surface area contributed by atoms with Crippen molar-refractivity contribution in [1.82, 2.24) is 15.1 Å². The van der Waals surface area contributed by atoms with E-state index >= 15 is 0 Å². The molecule has 0 saturated carbocycles. The maximum Gasteiger partial charge on any atom is 0.224 e. The van der Waals surface area contributed by atoms with E-state index in [1.54, 1.807) is 11.8 Å². The molecule has 0 aliphatic carbocycles. The van der Waals surface area contributed by atoms with Crippen molar-refractivity contribution in [1.29, 1.82) is 0 Å². The molecule has 2 amide bonds. The molecule has 1 saturated heterocycles. The average Bonchev–Trinajstić information content (AvgIpc) is 2.60. The van der Waals surface area contributed by atoms with Crippen molar-refractivity contribution in [3.8, 4) is 0 Å². The lowest BCUT2D eigenvalue weighted by atomic mass is 10.1. The summed E-state index contributed by atoms with van der Waals surface area (Å²) in [5.41, 5.74) is 2.18. The molecule has 1 heterocycles. The molecular formula is C19H29N3O3. The molecule has 0 aromatic heterocycles. The van der Waals surface area contributed by atoms with Crippen LogP contribution in [0.3, 0.4) is 0 Å². The Hall–Kier alpha value is -1.92. The molecule has 0 bridgehead atoms. The minimum Gasteiger partial charge on any atom is -0.379 e. The highest BCUT2D eigenvalue weighted by molar-refractivity contribution is 5.78. The van der Waals surface area contributed by atoms with Crippen molar-refractivity contribution in [2.24, 2.45) is 0 Å². The van der Waals surface area contributed by atoms with E-state index in [1.165, 1.54) is 5.56 Å². The second-order valence-corrected chi connectivity index (χ2v) is 6.47. The number of carbonyl (C=O) groups is 2. The zero-order chi connectivity index (χ0) is 18.1. The fourth-order valence-corrected chi connectivity index (χ4v) is 2.80. The minimum absolute atomic E-state index is 0.0134. The van der Waals surface area contributed by atoms with Crippen LogP contribution in [0.5, 0.6) is 0 Å². The Bertz CT molecular complexity index is 554. The lowest BCUT2D eigenvalue weighted by Crippen LogP contribution is -2.44. The summed E-state index contributed by atoms with van der Waals surface area (Å²) in [7, 11) is 0. The lowest BCUT2D eigenvalue weighted by molar-refractivity contribution is -0.129. The van der Waals surface area contributed by atoms with Crippen molar-refractivity contribution < 1.29 is 14.3 Å². The van der Waals surface area contributed by atoms with Gasteiger partial charge in [0.25, 0.3) is 0 Å². The quantitative estimate of drug-likeness (QED) is 0.757. The molecule has 6 nitrogen and oxygen atoms in total. The van der Waals surface area contributed by atoms with Gasteiger partial charge in [0.15, 0.2) is 0 Å². The summed E-state index contributed by atoms with van der Waals surface area (Å²) in [6.07, 6.45) is 0.369. The van der Waals surface area contributed by atoms with Crippen molar-refractivity contribution in [3.05, 3.63) is 35.4 Å². The Morgan fingerprint density at radius 1 is 1.16 bits per heavy atom. The summed E-state index contributed by atoms with van der Waals surface area (Å²) in [5.74, 6) is 0.0292. The van der Waals surface area contributed by atoms with Crippen LogP contribution in [0.1, 0.15) is 18.1 Å². The molecule has 1 aliphatic rings. The third-order valence-corrected chi connectivity index (χ3v) is 4.42. The van der Waals surface area contributed by atoms with Gasteiger partial charge in [-0.05, 0) is 12.5 Å². The predicted molar refractivity (Wildman–Crippen MR) is 97.4 cm³/mol. The van der Waals surface area contributed by atoms with E-state index in [0.717, 1.165) is 38.4 Å². The SMILES string of the molecule is CC(=O)N(CCNC(=O)Cc1ccc(C)cc1)CCN1CCOCC1. The number of aryl methyl sites for hydroxylation is 1. The predicted octanol–water partition coefficient (Wildman–Crippen LogP) is 0.834. The van der Waals surface area contributed by atoms with Crippen LogP contribution in [0.2, 0.25) is 0 Å². The Morgan fingerprint density at radius 2 is 1.84 bits per heavy atom. The van der Waals surface area contributed by atoms with Crippen LogP contribution in [0.25, 0.3) is 0 Å². The molecule has 0 spiro atoms. The number of amides is 2. The standard InChI is InChI=1S/C19H29N3O3/c1-16-3-5-18(6-4-16)15-19(24)20-7-8-22(17(2)23)10-9-21-11-13-25-14-12-21/h3-6H,7-15H2,1-2H3,(H,20,24). The molecule has 138 valence electrons. The Labute approximate surface area is 150 Å². The van der Waals surface area contributed by atoms with Crippen LogP contribution in [-0.2, 0) is 20.7 Å². The second kappa shape index (κ2) is 10.2. The summed E-state index contributed by atoms with van der Waals surface area (Å²) in [6, 6.07) is 7.95. The summed E-state index contributed by atoms with van der Waals surface area (Å²) in [6.45, 7) is 9.50. The number of benzene rings is 1. The number of rotatable bonds is 8. The number of nitrogens with zero attached hydrogens (tertiary/aromatic N) is 2. The van der Waals surface area contributed by atoms with Crippen LogP contribution in [0.15, 0.2) is 24.3 Å². The van der Waals surface area contributed by atoms with Crippen LogP contribution in [0, 0.1) is 6.92 Å². The molecule has 25 heavy (non-hydrogen) atoms. The molecule has 1 aliphatic heterocycles. The van der Waals surface area contributed by atoms with Gasteiger partial charge in [0.05, 0.1) is 19.6 Å². The molecule has 0 atom stereocenters. The first-order valence-electron chi connectivity index (χ1n) is 8.92. The molecule has 1 fully saturated rings. The van der Waals surface area contributed by atoms with Gasteiger partial charge in [0, 0.05) is 46.2 Å². The van der Waals surface area contributed by atoms with E-state index in [-0.39, 0.29) is 11.8 Å². The number of hydrogen-bond donors (Lipinski definition) is 1. The summed E-state index contributed by atoms with van der Waals surface area (Å²) in [5, 5.41) is 2.90. The smallest absolute Gasteiger partial charge is 0.224 e.